The summed E-state index contributed by atoms with van der Waals surface area (Å²) in [6, 6.07) is 5.77. The Kier molecular flexibility index (Phi) is 5.57. The summed E-state index contributed by atoms with van der Waals surface area (Å²) in [5.41, 5.74) is 2.15. The summed E-state index contributed by atoms with van der Waals surface area (Å²) in [6.07, 6.45) is 0. The van der Waals surface area contributed by atoms with Crippen LogP contribution in [0.15, 0.2) is 22.7 Å². The van der Waals surface area contributed by atoms with Crippen LogP contribution in [0.3, 0.4) is 0 Å². The van der Waals surface area contributed by atoms with E-state index in [1.807, 2.05) is 32.0 Å². The third-order valence-corrected chi connectivity index (χ3v) is 4.39. The fourth-order valence-corrected chi connectivity index (χ4v) is 2.83. The number of piperazine rings is 1. The number of nitrogens with one attached hydrogen (secondary N) is 1. The van der Waals surface area contributed by atoms with E-state index in [0.717, 1.165) is 41.8 Å². The monoisotopic (exact) mass is 340 g/mol. The largest absolute Gasteiger partial charge is 0.465 e. The van der Waals surface area contributed by atoms with Crippen molar-refractivity contribution in [2.75, 3.05) is 32.8 Å². The first-order chi connectivity index (χ1) is 9.63. The summed E-state index contributed by atoms with van der Waals surface area (Å²) < 4.78 is 6.29. The number of nitrogens with zero attached hydrogens (tertiary/aromatic N) is 1. The Balaban J connectivity index is 2.28. The Morgan fingerprint density at radius 3 is 2.75 bits per heavy atom. The first-order valence-corrected chi connectivity index (χ1v) is 7.80. The summed E-state index contributed by atoms with van der Waals surface area (Å²) in [7, 11) is 0. The summed E-state index contributed by atoms with van der Waals surface area (Å²) in [6.45, 7) is 7.82. The average molecular weight is 341 g/mol. The molecule has 0 saturated carbocycles. The minimum Gasteiger partial charge on any atom is -0.465 e. The van der Waals surface area contributed by atoms with Gasteiger partial charge in [-0.3, -0.25) is 4.90 Å². The van der Waals surface area contributed by atoms with E-state index in [4.69, 9.17) is 4.74 Å². The van der Waals surface area contributed by atoms with Crippen LogP contribution in [-0.4, -0.2) is 43.7 Å². The second kappa shape index (κ2) is 7.20. The number of halogens is 1. The van der Waals surface area contributed by atoms with Gasteiger partial charge in [-0.15, -0.1) is 0 Å². The normalized spacial score (nSPS) is 17.8. The van der Waals surface area contributed by atoms with Crippen LogP contribution >= 0.6 is 15.9 Å². The van der Waals surface area contributed by atoms with E-state index in [2.05, 4.69) is 26.1 Å². The Hall–Kier alpha value is -0.910. The van der Waals surface area contributed by atoms with Crippen molar-refractivity contribution in [1.29, 1.82) is 0 Å². The molecule has 1 unspecified atom stereocenters. The van der Waals surface area contributed by atoms with Gasteiger partial charge < -0.3 is 10.1 Å². The molecular formula is C15H21BrN2O2. The van der Waals surface area contributed by atoms with Gasteiger partial charge in [0, 0.05) is 30.7 Å². The van der Waals surface area contributed by atoms with E-state index in [-0.39, 0.29) is 12.0 Å². The van der Waals surface area contributed by atoms with Gasteiger partial charge in [0.15, 0.2) is 0 Å². The molecule has 1 aliphatic rings. The fraction of sp³-hybridized carbons (Fsp3) is 0.533. The van der Waals surface area contributed by atoms with Gasteiger partial charge in [0.1, 0.15) is 6.04 Å². The third kappa shape index (κ3) is 3.59. The molecule has 1 aromatic carbocycles. The van der Waals surface area contributed by atoms with Crippen molar-refractivity contribution in [3.8, 4) is 0 Å². The number of hydrogen-bond donors (Lipinski definition) is 1. The van der Waals surface area contributed by atoms with Crippen LogP contribution in [0.2, 0.25) is 0 Å². The average Bonchev–Trinajstić information content (AvgIpc) is 2.44. The molecule has 1 aromatic rings. The molecule has 1 heterocycles. The molecule has 1 atom stereocenters. The molecule has 1 N–H and O–H groups in total. The molecular weight excluding hydrogens is 320 g/mol. The molecule has 20 heavy (non-hydrogen) atoms. The van der Waals surface area contributed by atoms with Crippen LogP contribution in [0.5, 0.6) is 0 Å². The highest BCUT2D eigenvalue weighted by Crippen LogP contribution is 2.27. The molecule has 5 heteroatoms. The van der Waals surface area contributed by atoms with Crippen LogP contribution in [0.25, 0.3) is 0 Å². The summed E-state index contributed by atoms with van der Waals surface area (Å²) in [5.74, 6) is -0.162. The minimum absolute atomic E-state index is 0.162. The first kappa shape index (κ1) is 15.5. The van der Waals surface area contributed by atoms with E-state index in [9.17, 15) is 4.79 Å². The zero-order valence-corrected chi connectivity index (χ0v) is 13.6. The lowest BCUT2D eigenvalue weighted by Crippen LogP contribution is -2.47. The first-order valence-electron chi connectivity index (χ1n) is 7.01. The van der Waals surface area contributed by atoms with Crippen LogP contribution in [0.1, 0.15) is 24.1 Å². The van der Waals surface area contributed by atoms with Crippen molar-refractivity contribution >= 4 is 21.9 Å². The van der Waals surface area contributed by atoms with Crippen molar-refractivity contribution in [3.05, 3.63) is 33.8 Å². The molecule has 1 saturated heterocycles. The number of ether oxygens (including phenoxy) is 1. The van der Waals surface area contributed by atoms with Crippen molar-refractivity contribution in [3.63, 3.8) is 0 Å². The maximum absolute atomic E-state index is 12.3. The van der Waals surface area contributed by atoms with E-state index in [1.165, 1.54) is 0 Å². The van der Waals surface area contributed by atoms with Gasteiger partial charge in [-0.25, -0.2) is 4.79 Å². The van der Waals surface area contributed by atoms with Gasteiger partial charge in [0.05, 0.1) is 6.61 Å². The van der Waals surface area contributed by atoms with Gasteiger partial charge >= 0.3 is 5.97 Å². The Morgan fingerprint density at radius 1 is 1.45 bits per heavy atom. The van der Waals surface area contributed by atoms with Crippen molar-refractivity contribution in [1.82, 2.24) is 10.2 Å². The molecule has 0 amide bonds. The van der Waals surface area contributed by atoms with Crippen molar-refractivity contribution in [2.24, 2.45) is 0 Å². The predicted molar refractivity (Wildman–Crippen MR) is 82.7 cm³/mol. The smallest absolute Gasteiger partial charge is 0.328 e. The molecule has 4 nitrogen and oxygen atoms in total. The lowest BCUT2D eigenvalue weighted by molar-refractivity contribution is -0.150. The molecule has 0 radical (unpaired) electrons. The minimum atomic E-state index is -0.311. The number of aryl methyl sites for hydroxylation is 1. The SMILES string of the molecule is CCOC(=O)C(c1ccc(C)c(Br)c1)N1CCNCC1. The van der Waals surface area contributed by atoms with E-state index in [1.54, 1.807) is 0 Å². The molecule has 0 spiro atoms. The second-order valence-corrected chi connectivity index (χ2v) is 5.80. The van der Waals surface area contributed by atoms with Crippen molar-refractivity contribution in [2.45, 2.75) is 19.9 Å². The zero-order chi connectivity index (χ0) is 14.5. The number of hydrogen-bond acceptors (Lipinski definition) is 4. The van der Waals surface area contributed by atoms with Crippen molar-refractivity contribution < 1.29 is 9.53 Å². The van der Waals surface area contributed by atoms with Gasteiger partial charge in [-0.05, 0) is 31.0 Å². The number of esters is 1. The predicted octanol–water partition coefficient (Wildman–Crippen LogP) is 2.27. The van der Waals surface area contributed by atoms with Crippen LogP contribution in [0, 0.1) is 6.92 Å². The number of carbonyl (C=O) groups is 1. The third-order valence-electron chi connectivity index (χ3n) is 3.54. The molecule has 2 rings (SSSR count). The Labute approximate surface area is 128 Å². The lowest BCUT2D eigenvalue weighted by Gasteiger charge is -2.33. The molecule has 1 aliphatic heterocycles. The zero-order valence-electron chi connectivity index (χ0n) is 12.0. The standard InChI is InChI=1S/C15H21BrN2O2/c1-3-20-15(19)14(18-8-6-17-7-9-18)12-5-4-11(2)13(16)10-12/h4-5,10,14,17H,3,6-9H2,1-2H3. The van der Waals surface area contributed by atoms with Crippen LogP contribution < -0.4 is 5.32 Å². The van der Waals surface area contributed by atoms with Crippen LogP contribution in [-0.2, 0) is 9.53 Å². The number of carbonyl (C=O) groups excluding carboxylic acids is 1. The summed E-state index contributed by atoms with van der Waals surface area (Å²) >= 11 is 3.54. The van der Waals surface area contributed by atoms with Gasteiger partial charge in [0.2, 0.25) is 0 Å². The van der Waals surface area contributed by atoms with Crippen LogP contribution in [0.4, 0.5) is 0 Å². The summed E-state index contributed by atoms with van der Waals surface area (Å²) in [4.78, 5) is 14.5. The topological polar surface area (TPSA) is 41.6 Å². The molecule has 0 aliphatic carbocycles. The highest BCUT2D eigenvalue weighted by atomic mass is 79.9. The van der Waals surface area contributed by atoms with Gasteiger partial charge in [-0.2, -0.15) is 0 Å². The Morgan fingerprint density at radius 2 is 2.15 bits per heavy atom. The maximum Gasteiger partial charge on any atom is 0.328 e. The highest BCUT2D eigenvalue weighted by molar-refractivity contribution is 9.10. The van der Waals surface area contributed by atoms with E-state index in [0.29, 0.717) is 6.61 Å². The quantitative estimate of drug-likeness (QED) is 0.853. The lowest BCUT2D eigenvalue weighted by atomic mass is 10.0. The molecule has 1 fully saturated rings. The van der Waals surface area contributed by atoms with Gasteiger partial charge in [-0.1, -0.05) is 28.1 Å². The molecule has 110 valence electrons. The number of rotatable bonds is 4. The molecule has 0 aromatic heterocycles. The number of benzene rings is 1. The second-order valence-electron chi connectivity index (χ2n) is 4.95. The summed E-state index contributed by atoms with van der Waals surface area (Å²) in [5, 5.41) is 3.31. The highest BCUT2D eigenvalue weighted by Gasteiger charge is 2.30. The van der Waals surface area contributed by atoms with E-state index < -0.39 is 0 Å². The maximum atomic E-state index is 12.3. The Bertz CT molecular complexity index is 473. The molecule has 0 bridgehead atoms. The van der Waals surface area contributed by atoms with E-state index >= 15 is 0 Å². The fourth-order valence-electron chi connectivity index (χ4n) is 2.44. The van der Waals surface area contributed by atoms with Gasteiger partial charge in [0.25, 0.3) is 0 Å².